The van der Waals surface area contributed by atoms with Crippen molar-refractivity contribution < 1.29 is 15.3 Å². The Kier molecular flexibility index (Phi) is 3.77. The third-order valence-corrected chi connectivity index (χ3v) is 1.26. The third-order valence-electron chi connectivity index (χ3n) is 1.26. The highest BCUT2D eigenvalue weighted by Gasteiger charge is 2.17. The van der Waals surface area contributed by atoms with Crippen molar-refractivity contribution in [3.05, 3.63) is 0 Å². The second kappa shape index (κ2) is 3.82. The summed E-state index contributed by atoms with van der Waals surface area (Å²) in [5, 5.41) is 26.1. The van der Waals surface area contributed by atoms with Crippen molar-refractivity contribution in [2.45, 2.75) is 26.1 Å². The van der Waals surface area contributed by atoms with Gasteiger partial charge in [-0.3, -0.25) is 0 Å². The van der Waals surface area contributed by atoms with E-state index in [1.54, 1.807) is 13.8 Å². The molecule has 0 amide bonds. The Morgan fingerprint density at radius 2 is 1.67 bits per heavy atom. The largest absolute Gasteiger partial charge is 0.394 e. The van der Waals surface area contributed by atoms with Crippen LogP contribution in [-0.4, -0.2) is 34.1 Å². The zero-order valence-corrected chi connectivity index (χ0v) is 5.78. The molecule has 0 heterocycles. The van der Waals surface area contributed by atoms with Crippen LogP contribution >= 0.6 is 0 Å². The first-order valence-electron chi connectivity index (χ1n) is 3.06. The number of hydrogen-bond donors (Lipinski definition) is 3. The van der Waals surface area contributed by atoms with Gasteiger partial charge in [-0.25, -0.2) is 0 Å². The van der Waals surface area contributed by atoms with Crippen molar-refractivity contribution in [2.75, 3.05) is 6.61 Å². The topological polar surface area (TPSA) is 60.7 Å². The molecule has 0 aromatic carbocycles. The Morgan fingerprint density at radius 1 is 1.22 bits per heavy atom. The highest BCUT2D eigenvalue weighted by molar-refractivity contribution is 4.68. The van der Waals surface area contributed by atoms with Gasteiger partial charge < -0.3 is 15.3 Å². The van der Waals surface area contributed by atoms with E-state index in [0.717, 1.165) is 0 Å². The number of aliphatic hydroxyl groups is 3. The molecule has 3 heteroatoms. The van der Waals surface area contributed by atoms with Crippen molar-refractivity contribution in [1.29, 1.82) is 0 Å². The van der Waals surface area contributed by atoms with Crippen LogP contribution in [0.4, 0.5) is 0 Å². The van der Waals surface area contributed by atoms with Crippen LogP contribution in [0.5, 0.6) is 0 Å². The molecule has 9 heavy (non-hydrogen) atoms. The van der Waals surface area contributed by atoms with E-state index in [4.69, 9.17) is 15.3 Å². The summed E-state index contributed by atoms with van der Waals surface area (Å²) >= 11 is 0. The molecule has 2 atom stereocenters. The summed E-state index contributed by atoms with van der Waals surface area (Å²) in [5.41, 5.74) is 0. The first kappa shape index (κ1) is 8.88. The van der Waals surface area contributed by atoms with Gasteiger partial charge in [0.25, 0.3) is 0 Å². The lowest BCUT2D eigenvalue weighted by Gasteiger charge is -2.18. The van der Waals surface area contributed by atoms with Crippen LogP contribution in [0.2, 0.25) is 0 Å². The van der Waals surface area contributed by atoms with E-state index in [1.807, 2.05) is 0 Å². The second-order valence-electron chi connectivity index (χ2n) is 2.48. The monoisotopic (exact) mass is 134 g/mol. The van der Waals surface area contributed by atoms with Crippen LogP contribution < -0.4 is 0 Å². The standard InChI is InChI=1S/C6H14O3/c1-4(2)6(9)5(8)3-7/h4-9H,3H2,1-2H3/t5-,6+/m0/s1. The molecule has 3 N–H and O–H groups in total. The third kappa shape index (κ3) is 2.79. The summed E-state index contributed by atoms with van der Waals surface area (Å²) in [7, 11) is 0. The Labute approximate surface area is 54.9 Å². The quantitative estimate of drug-likeness (QED) is 0.481. The molecule has 0 aliphatic heterocycles. The Morgan fingerprint density at radius 3 is 1.78 bits per heavy atom. The molecule has 0 aliphatic rings. The minimum absolute atomic E-state index is 0.00727. The van der Waals surface area contributed by atoms with Gasteiger partial charge in [0, 0.05) is 0 Å². The number of hydrogen-bond acceptors (Lipinski definition) is 3. The summed E-state index contributed by atoms with van der Waals surface area (Å²) in [6.07, 6.45) is -1.81. The summed E-state index contributed by atoms with van der Waals surface area (Å²) in [4.78, 5) is 0. The predicted molar refractivity (Wildman–Crippen MR) is 33.9 cm³/mol. The number of aliphatic hydroxyl groups excluding tert-OH is 3. The Bertz CT molecular complexity index is 72.7. The maximum atomic E-state index is 8.98. The Balaban J connectivity index is 3.58. The van der Waals surface area contributed by atoms with Gasteiger partial charge in [0.15, 0.2) is 0 Å². The summed E-state index contributed by atoms with van der Waals surface area (Å²) < 4.78 is 0. The molecule has 0 radical (unpaired) electrons. The normalized spacial score (nSPS) is 18.0. The van der Waals surface area contributed by atoms with Gasteiger partial charge in [0.05, 0.1) is 12.7 Å². The van der Waals surface area contributed by atoms with Crippen LogP contribution in [0.1, 0.15) is 13.8 Å². The van der Waals surface area contributed by atoms with Gasteiger partial charge in [0.1, 0.15) is 6.10 Å². The zero-order chi connectivity index (χ0) is 7.44. The molecule has 0 aromatic heterocycles. The molecular formula is C6H14O3. The highest BCUT2D eigenvalue weighted by Crippen LogP contribution is 2.04. The Hall–Kier alpha value is -0.120. The fourth-order valence-electron chi connectivity index (χ4n) is 0.552. The van der Waals surface area contributed by atoms with E-state index in [0.29, 0.717) is 0 Å². The lowest BCUT2D eigenvalue weighted by Crippen LogP contribution is -2.33. The van der Waals surface area contributed by atoms with E-state index < -0.39 is 12.2 Å². The van der Waals surface area contributed by atoms with E-state index in [-0.39, 0.29) is 12.5 Å². The predicted octanol–water partition coefficient (Wildman–Crippen LogP) is -0.643. The molecule has 0 aromatic rings. The smallest absolute Gasteiger partial charge is 0.103 e. The molecule has 0 aliphatic carbocycles. The lowest BCUT2D eigenvalue weighted by atomic mass is 10.0. The lowest BCUT2D eigenvalue weighted by molar-refractivity contribution is -0.0356. The molecule has 0 spiro atoms. The summed E-state index contributed by atoms with van der Waals surface area (Å²) in [6.45, 7) is 3.19. The molecule has 0 rings (SSSR count). The average Bonchev–Trinajstić information content (AvgIpc) is 1.84. The van der Waals surface area contributed by atoms with Crippen molar-refractivity contribution >= 4 is 0 Å². The van der Waals surface area contributed by atoms with E-state index >= 15 is 0 Å². The molecule has 0 saturated carbocycles. The molecule has 3 nitrogen and oxygen atoms in total. The van der Waals surface area contributed by atoms with Gasteiger partial charge in [0.2, 0.25) is 0 Å². The van der Waals surface area contributed by atoms with Gasteiger partial charge in [-0.1, -0.05) is 13.8 Å². The van der Waals surface area contributed by atoms with Gasteiger partial charge in [-0.15, -0.1) is 0 Å². The van der Waals surface area contributed by atoms with Crippen LogP contribution in [0.15, 0.2) is 0 Å². The minimum Gasteiger partial charge on any atom is -0.394 e. The molecule has 0 unspecified atom stereocenters. The number of rotatable bonds is 3. The van der Waals surface area contributed by atoms with Crippen molar-refractivity contribution in [3.8, 4) is 0 Å². The minimum atomic E-state index is -0.995. The van der Waals surface area contributed by atoms with E-state index in [1.165, 1.54) is 0 Å². The fraction of sp³-hybridized carbons (Fsp3) is 1.00. The molecule has 0 saturated heterocycles. The van der Waals surface area contributed by atoms with Gasteiger partial charge in [-0.2, -0.15) is 0 Å². The molecular weight excluding hydrogens is 120 g/mol. The summed E-state index contributed by atoms with van der Waals surface area (Å²) in [5.74, 6) is -0.00727. The molecule has 56 valence electrons. The van der Waals surface area contributed by atoms with Crippen LogP contribution in [-0.2, 0) is 0 Å². The van der Waals surface area contributed by atoms with Crippen molar-refractivity contribution in [2.24, 2.45) is 5.92 Å². The van der Waals surface area contributed by atoms with E-state index in [9.17, 15) is 0 Å². The SMILES string of the molecule is CC(C)[C@@H](O)[C@@H](O)CO. The van der Waals surface area contributed by atoms with Crippen molar-refractivity contribution in [1.82, 2.24) is 0 Å². The first-order chi connectivity index (χ1) is 4.09. The summed E-state index contributed by atoms with van der Waals surface area (Å²) in [6, 6.07) is 0. The maximum absolute atomic E-state index is 8.98. The van der Waals surface area contributed by atoms with Crippen molar-refractivity contribution in [3.63, 3.8) is 0 Å². The van der Waals surface area contributed by atoms with Crippen LogP contribution in [0, 0.1) is 5.92 Å². The maximum Gasteiger partial charge on any atom is 0.103 e. The van der Waals surface area contributed by atoms with Gasteiger partial charge >= 0.3 is 0 Å². The van der Waals surface area contributed by atoms with Crippen LogP contribution in [0.25, 0.3) is 0 Å². The first-order valence-corrected chi connectivity index (χ1v) is 3.06. The molecule has 0 bridgehead atoms. The average molecular weight is 134 g/mol. The fourth-order valence-corrected chi connectivity index (χ4v) is 0.552. The zero-order valence-electron chi connectivity index (χ0n) is 5.78. The van der Waals surface area contributed by atoms with Crippen LogP contribution in [0.3, 0.4) is 0 Å². The highest BCUT2D eigenvalue weighted by atomic mass is 16.4. The molecule has 0 fully saturated rings. The second-order valence-corrected chi connectivity index (χ2v) is 2.48. The van der Waals surface area contributed by atoms with Gasteiger partial charge in [-0.05, 0) is 5.92 Å². The van der Waals surface area contributed by atoms with E-state index in [2.05, 4.69) is 0 Å².